The fourth-order valence-electron chi connectivity index (χ4n) is 1.80. The number of hydrogen-bond acceptors (Lipinski definition) is 4. The number of pyridine rings is 1. The molecule has 2 aromatic rings. The zero-order valence-corrected chi connectivity index (χ0v) is 10.2. The first-order valence-electron chi connectivity index (χ1n) is 5.47. The third kappa shape index (κ3) is 2.15. The highest BCUT2D eigenvalue weighted by Crippen LogP contribution is 2.31. The van der Waals surface area contributed by atoms with Crippen LogP contribution in [0.2, 0.25) is 0 Å². The number of nitrogen functional groups attached to an aromatic ring is 1. The molecule has 0 aliphatic carbocycles. The number of aryl methyl sites for hydroxylation is 2. The van der Waals surface area contributed by atoms with Gasteiger partial charge in [0.05, 0.1) is 4.92 Å². The van der Waals surface area contributed by atoms with E-state index in [-0.39, 0.29) is 11.5 Å². The Morgan fingerprint density at radius 3 is 2.61 bits per heavy atom. The van der Waals surface area contributed by atoms with E-state index < -0.39 is 4.92 Å². The van der Waals surface area contributed by atoms with Crippen molar-refractivity contribution in [1.82, 2.24) is 4.98 Å². The van der Waals surface area contributed by atoms with Crippen molar-refractivity contribution in [2.45, 2.75) is 13.8 Å². The summed E-state index contributed by atoms with van der Waals surface area (Å²) < 4.78 is 0. The molecule has 0 unspecified atom stereocenters. The summed E-state index contributed by atoms with van der Waals surface area (Å²) in [4.78, 5) is 14.7. The minimum Gasteiger partial charge on any atom is -0.384 e. The van der Waals surface area contributed by atoms with Crippen LogP contribution in [0.5, 0.6) is 0 Å². The molecule has 0 aliphatic rings. The van der Waals surface area contributed by atoms with Crippen LogP contribution in [-0.4, -0.2) is 9.91 Å². The number of anilines is 1. The number of nitro groups is 1. The number of aromatic nitrogens is 1. The molecular weight excluding hydrogens is 230 g/mol. The molecule has 2 N–H and O–H groups in total. The number of benzene rings is 1. The number of hydrogen-bond donors (Lipinski definition) is 1. The lowest BCUT2D eigenvalue weighted by molar-refractivity contribution is -0.384. The minimum absolute atomic E-state index is 0.0297. The van der Waals surface area contributed by atoms with Crippen molar-refractivity contribution in [2.24, 2.45) is 0 Å². The maximum atomic E-state index is 11.0. The average molecular weight is 243 g/mol. The normalized spacial score (nSPS) is 10.3. The van der Waals surface area contributed by atoms with E-state index in [9.17, 15) is 10.1 Å². The van der Waals surface area contributed by atoms with E-state index in [4.69, 9.17) is 5.73 Å². The SMILES string of the molecule is Cc1ccc(C)c(-c2nc(N)ccc2[N+](=O)[O-])c1. The minimum atomic E-state index is -0.441. The summed E-state index contributed by atoms with van der Waals surface area (Å²) in [7, 11) is 0. The van der Waals surface area contributed by atoms with Gasteiger partial charge in [-0.15, -0.1) is 0 Å². The lowest BCUT2D eigenvalue weighted by Crippen LogP contribution is -1.99. The van der Waals surface area contributed by atoms with Gasteiger partial charge in [0.15, 0.2) is 5.69 Å². The molecular formula is C13H13N3O2. The lowest BCUT2D eigenvalue weighted by Gasteiger charge is -2.07. The van der Waals surface area contributed by atoms with E-state index in [2.05, 4.69) is 4.98 Å². The Morgan fingerprint density at radius 1 is 1.22 bits per heavy atom. The van der Waals surface area contributed by atoms with E-state index in [1.54, 1.807) is 0 Å². The molecule has 0 spiro atoms. The van der Waals surface area contributed by atoms with E-state index in [1.807, 2.05) is 32.0 Å². The summed E-state index contributed by atoms with van der Waals surface area (Å²) in [6.07, 6.45) is 0. The van der Waals surface area contributed by atoms with Crippen LogP contribution in [0, 0.1) is 24.0 Å². The van der Waals surface area contributed by atoms with E-state index >= 15 is 0 Å². The molecule has 0 saturated heterocycles. The molecule has 1 aromatic carbocycles. The maximum Gasteiger partial charge on any atom is 0.295 e. The summed E-state index contributed by atoms with van der Waals surface area (Å²) in [5.41, 5.74) is 8.61. The zero-order valence-electron chi connectivity index (χ0n) is 10.2. The van der Waals surface area contributed by atoms with Gasteiger partial charge in [-0.25, -0.2) is 4.98 Å². The standard InChI is InChI=1S/C13H13N3O2/c1-8-3-4-9(2)10(7-8)13-11(16(17)18)5-6-12(14)15-13/h3-7H,1-2H3,(H2,14,15). The van der Waals surface area contributed by atoms with Gasteiger partial charge in [-0.05, 0) is 31.5 Å². The largest absolute Gasteiger partial charge is 0.384 e. The smallest absolute Gasteiger partial charge is 0.295 e. The Bertz CT molecular complexity index is 624. The Balaban J connectivity index is 2.73. The zero-order chi connectivity index (χ0) is 13.3. The van der Waals surface area contributed by atoms with Crippen LogP contribution in [0.4, 0.5) is 11.5 Å². The Hall–Kier alpha value is -2.43. The second-order valence-electron chi connectivity index (χ2n) is 4.18. The lowest BCUT2D eigenvalue weighted by atomic mass is 10.0. The van der Waals surface area contributed by atoms with Gasteiger partial charge in [0.1, 0.15) is 5.82 Å². The van der Waals surface area contributed by atoms with Crippen LogP contribution in [0.3, 0.4) is 0 Å². The van der Waals surface area contributed by atoms with Crippen LogP contribution in [0.15, 0.2) is 30.3 Å². The van der Waals surface area contributed by atoms with Gasteiger partial charge in [0.2, 0.25) is 0 Å². The molecule has 0 amide bonds. The third-order valence-electron chi connectivity index (χ3n) is 2.74. The van der Waals surface area contributed by atoms with Crippen molar-refractivity contribution < 1.29 is 4.92 Å². The van der Waals surface area contributed by atoms with Crippen molar-refractivity contribution in [1.29, 1.82) is 0 Å². The van der Waals surface area contributed by atoms with Crippen molar-refractivity contribution >= 4 is 11.5 Å². The first-order valence-corrected chi connectivity index (χ1v) is 5.47. The highest BCUT2D eigenvalue weighted by molar-refractivity contribution is 5.74. The van der Waals surface area contributed by atoms with Crippen molar-refractivity contribution in [3.8, 4) is 11.3 Å². The number of rotatable bonds is 2. The van der Waals surface area contributed by atoms with Crippen molar-refractivity contribution in [3.05, 3.63) is 51.6 Å². The second kappa shape index (κ2) is 4.44. The second-order valence-corrected chi connectivity index (χ2v) is 4.18. The molecule has 92 valence electrons. The summed E-state index contributed by atoms with van der Waals surface area (Å²) >= 11 is 0. The molecule has 18 heavy (non-hydrogen) atoms. The summed E-state index contributed by atoms with van der Waals surface area (Å²) in [6.45, 7) is 3.82. The monoisotopic (exact) mass is 243 g/mol. The highest BCUT2D eigenvalue weighted by Gasteiger charge is 2.18. The molecule has 5 nitrogen and oxygen atoms in total. The van der Waals surface area contributed by atoms with Crippen LogP contribution >= 0.6 is 0 Å². The Kier molecular flexibility index (Phi) is 2.97. The Morgan fingerprint density at radius 2 is 1.94 bits per heavy atom. The average Bonchev–Trinajstić information content (AvgIpc) is 2.31. The molecule has 0 bridgehead atoms. The predicted octanol–water partition coefficient (Wildman–Crippen LogP) is 2.86. The first kappa shape index (κ1) is 12.0. The Labute approximate surface area is 104 Å². The summed E-state index contributed by atoms with van der Waals surface area (Å²) in [5, 5.41) is 11.0. The van der Waals surface area contributed by atoms with Gasteiger partial charge in [-0.2, -0.15) is 0 Å². The fourth-order valence-corrected chi connectivity index (χ4v) is 1.80. The fraction of sp³-hybridized carbons (Fsp3) is 0.154. The number of nitrogens with zero attached hydrogens (tertiary/aromatic N) is 2. The summed E-state index contributed by atoms with van der Waals surface area (Å²) in [5.74, 6) is 0.275. The molecule has 1 aromatic heterocycles. The predicted molar refractivity (Wildman–Crippen MR) is 70.2 cm³/mol. The van der Waals surface area contributed by atoms with Gasteiger partial charge >= 0.3 is 0 Å². The third-order valence-corrected chi connectivity index (χ3v) is 2.74. The van der Waals surface area contributed by atoms with Gasteiger partial charge in [0, 0.05) is 11.6 Å². The number of nitrogens with two attached hydrogens (primary N) is 1. The van der Waals surface area contributed by atoms with Crippen LogP contribution in [0.25, 0.3) is 11.3 Å². The highest BCUT2D eigenvalue weighted by atomic mass is 16.6. The first-order chi connectivity index (χ1) is 8.49. The van der Waals surface area contributed by atoms with E-state index in [0.717, 1.165) is 16.7 Å². The van der Waals surface area contributed by atoms with Gasteiger partial charge in [0.25, 0.3) is 5.69 Å². The topological polar surface area (TPSA) is 82.0 Å². The van der Waals surface area contributed by atoms with Crippen LogP contribution in [0.1, 0.15) is 11.1 Å². The quantitative estimate of drug-likeness (QED) is 0.649. The van der Waals surface area contributed by atoms with Gasteiger partial charge in [-0.1, -0.05) is 17.7 Å². The molecule has 0 atom stereocenters. The summed E-state index contributed by atoms with van der Waals surface area (Å²) in [6, 6.07) is 8.58. The van der Waals surface area contributed by atoms with E-state index in [0.29, 0.717) is 5.69 Å². The molecule has 0 fully saturated rings. The van der Waals surface area contributed by atoms with Gasteiger partial charge in [-0.3, -0.25) is 10.1 Å². The van der Waals surface area contributed by atoms with Crippen molar-refractivity contribution in [3.63, 3.8) is 0 Å². The van der Waals surface area contributed by atoms with Crippen molar-refractivity contribution in [2.75, 3.05) is 5.73 Å². The van der Waals surface area contributed by atoms with Gasteiger partial charge < -0.3 is 5.73 Å². The molecule has 0 radical (unpaired) electrons. The maximum absolute atomic E-state index is 11.0. The molecule has 0 saturated carbocycles. The molecule has 5 heteroatoms. The van der Waals surface area contributed by atoms with Crippen LogP contribution < -0.4 is 5.73 Å². The molecule has 1 heterocycles. The van der Waals surface area contributed by atoms with E-state index in [1.165, 1.54) is 12.1 Å². The molecule has 0 aliphatic heterocycles. The van der Waals surface area contributed by atoms with Crippen LogP contribution in [-0.2, 0) is 0 Å². The molecule has 2 rings (SSSR count).